The number of carbonyl (C=O) groups excluding carboxylic acids is 1. The highest BCUT2D eigenvalue weighted by Gasteiger charge is 2.27. The number of likely N-dealkylation sites (tertiary alicyclic amines) is 1. The summed E-state index contributed by atoms with van der Waals surface area (Å²) in [6.07, 6.45) is 5.34. The Balaban J connectivity index is 0.00000361. The fourth-order valence-electron chi connectivity index (χ4n) is 2.45. The molecule has 0 aliphatic carbocycles. The molecular weight excluding hydrogens is 276 g/mol. The van der Waals surface area contributed by atoms with Gasteiger partial charge in [-0.05, 0) is 31.6 Å². The predicted octanol–water partition coefficient (Wildman–Crippen LogP) is 2.59. The lowest BCUT2D eigenvalue weighted by molar-refractivity contribution is -0.133. The van der Waals surface area contributed by atoms with Crippen molar-refractivity contribution in [1.29, 1.82) is 0 Å². The van der Waals surface area contributed by atoms with E-state index >= 15 is 0 Å². The number of nitrogens with two attached hydrogens (primary N) is 1. The third-order valence-electron chi connectivity index (χ3n) is 4.09. The summed E-state index contributed by atoms with van der Waals surface area (Å²) in [5.41, 5.74) is 6.05. The van der Waals surface area contributed by atoms with Crippen LogP contribution in [-0.2, 0) is 9.53 Å². The molecule has 1 saturated heterocycles. The van der Waals surface area contributed by atoms with Gasteiger partial charge in [0.1, 0.15) is 0 Å². The molecule has 3 atom stereocenters. The van der Waals surface area contributed by atoms with E-state index in [0.29, 0.717) is 6.10 Å². The van der Waals surface area contributed by atoms with Crippen molar-refractivity contribution in [3.8, 4) is 0 Å². The van der Waals surface area contributed by atoms with Gasteiger partial charge in [0.15, 0.2) is 0 Å². The fraction of sp³-hybridized carbons (Fsp3) is 0.933. The molecule has 1 heterocycles. The monoisotopic (exact) mass is 306 g/mol. The first-order chi connectivity index (χ1) is 9.10. The van der Waals surface area contributed by atoms with Gasteiger partial charge in [-0.2, -0.15) is 0 Å². The van der Waals surface area contributed by atoms with Crippen LogP contribution in [0, 0.1) is 5.92 Å². The number of hydrogen-bond acceptors (Lipinski definition) is 3. The first-order valence-corrected chi connectivity index (χ1v) is 7.76. The van der Waals surface area contributed by atoms with Crippen LogP contribution >= 0.6 is 12.4 Å². The molecule has 0 aromatic carbocycles. The van der Waals surface area contributed by atoms with E-state index in [1.165, 1.54) is 0 Å². The van der Waals surface area contributed by atoms with E-state index in [4.69, 9.17) is 10.5 Å². The smallest absolute Gasteiger partial charge is 0.239 e. The Morgan fingerprint density at radius 3 is 2.65 bits per heavy atom. The molecule has 1 aliphatic rings. The number of nitrogens with zero attached hydrogens (tertiary/aromatic N) is 1. The molecule has 1 rings (SSSR count). The number of rotatable bonds is 6. The van der Waals surface area contributed by atoms with Crippen LogP contribution in [0.25, 0.3) is 0 Å². The van der Waals surface area contributed by atoms with Gasteiger partial charge >= 0.3 is 0 Å². The van der Waals surface area contributed by atoms with E-state index < -0.39 is 0 Å². The minimum Gasteiger partial charge on any atom is -0.378 e. The molecule has 5 heteroatoms. The molecule has 120 valence electrons. The Kier molecular flexibility index (Phi) is 10.2. The Bertz CT molecular complexity index is 277. The maximum atomic E-state index is 12.3. The molecule has 0 aromatic heterocycles. The molecular formula is C15H31ClN2O2. The van der Waals surface area contributed by atoms with E-state index in [9.17, 15) is 4.79 Å². The van der Waals surface area contributed by atoms with Crippen molar-refractivity contribution in [2.45, 2.75) is 65.0 Å². The van der Waals surface area contributed by atoms with Crippen molar-refractivity contribution in [3.05, 3.63) is 0 Å². The summed E-state index contributed by atoms with van der Waals surface area (Å²) >= 11 is 0. The Hall–Kier alpha value is -0.320. The molecule has 0 aromatic rings. The zero-order valence-electron chi connectivity index (χ0n) is 13.1. The predicted molar refractivity (Wildman–Crippen MR) is 85.1 cm³/mol. The molecule has 1 amide bonds. The molecule has 0 bridgehead atoms. The summed E-state index contributed by atoms with van der Waals surface area (Å²) in [5.74, 6) is 0.369. The average Bonchev–Trinajstić information content (AvgIpc) is 2.68. The topological polar surface area (TPSA) is 55.6 Å². The molecule has 1 aliphatic heterocycles. The summed E-state index contributed by atoms with van der Waals surface area (Å²) in [7, 11) is 0. The van der Waals surface area contributed by atoms with E-state index in [2.05, 4.69) is 13.8 Å². The average molecular weight is 307 g/mol. The summed E-state index contributed by atoms with van der Waals surface area (Å²) in [5, 5.41) is 0. The lowest BCUT2D eigenvalue weighted by Gasteiger charge is -2.27. The minimum absolute atomic E-state index is 0. The minimum atomic E-state index is -0.349. The third-order valence-corrected chi connectivity index (χ3v) is 4.09. The molecule has 0 spiro atoms. The molecule has 20 heavy (non-hydrogen) atoms. The van der Waals surface area contributed by atoms with Crippen molar-refractivity contribution >= 4 is 18.3 Å². The van der Waals surface area contributed by atoms with Crippen LogP contribution < -0.4 is 5.73 Å². The van der Waals surface area contributed by atoms with E-state index in [1.54, 1.807) is 0 Å². The number of hydrogen-bond donors (Lipinski definition) is 1. The quantitative estimate of drug-likeness (QED) is 0.820. The first-order valence-electron chi connectivity index (χ1n) is 7.76. The molecule has 0 radical (unpaired) electrons. The second-order valence-electron chi connectivity index (χ2n) is 5.66. The highest BCUT2D eigenvalue weighted by atomic mass is 35.5. The van der Waals surface area contributed by atoms with Gasteiger partial charge in [0.2, 0.25) is 5.91 Å². The molecule has 4 nitrogen and oxygen atoms in total. The maximum absolute atomic E-state index is 12.3. The van der Waals surface area contributed by atoms with E-state index in [1.807, 2.05) is 11.8 Å². The SMILES string of the molecule is CCCOC1CCCN(C(=O)C(N)C(C)CC)CC1.Cl. The lowest BCUT2D eigenvalue weighted by atomic mass is 9.99. The fourth-order valence-corrected chi connectivity index (χ4v) is 2.45. The van der Waals surface area contributed by atoms with Crippen molar-refractivity contribution in [2.75, 3.05) is 19.7 Å². The lowest BCUT2D eigenvalue weighted by Crippen LogP contribution is -2.47. The van der Waals surface area contributed by atoms with Crippen molar-refractivity contribution in [2.24, 2.45) is 11.7 Å². The third kappa shape index (κ3) is 5.98. The number of halogens is 1. The van der Waals surface area contributed by atoms with Crippen molar-refractivity contribution in [3.63, 3.8) is 0 Å². The van der Waals surface area contributed by atoms with Crippen LogP contribution in [0.15, 0.2) is 0 Å². The van der Waals surface area contributed by atoms with Gasteiger partial charge in [0.05, 0.1) is 12.1 Å². The van der Waals surface area contributed by atoms with Crippen LogP contribution in [-0.4, -0.2) is 42.6 Å². The highest BCUT2D eigenvalue weighted by Crippen LogP contribution is 2.17. The van der Waals surface area contributed by atoms with E-state index in [0.717, 1.165) is 51.8 Å². The standard InChI is InChI=1S/C15H30N2O2.ClH/c1-4-11-19-13-7-6-9-17(10-8-13)15(18)14(16)12(3)5-2;/h12-14H,4-11,16H2,1-3H3;1H. The second-order valence-corrected chi connectivity index (χ2v) is 5.66. The molecule has 0 saturated carbocycles. The van der Waals surface area contributed by atoms with Gasteiger partial charge < -0.3 is 15.4 Å². The Morgan fingerprint density at radius 1 is 1.35 bits per heavy atom. The normalized spacial score (nSPS) is 22.6. The van der Waals surface area contributed by atoms with Crippen LogP contribution in [0.4, 0.5) is 0 Å². The number of carbonyl (C=O) groups is 1. The van der Waals surface area contributed by atoms with Crippen LogP contribution in [0.5, 0.6) is 0 Å². The van der Waals surface area contributed by atoms with Crippen molar-refractivity contribution in [1.82, 2.24) is 4.90 Å². The summed E-state index contributed by atoms with van der Waals surface area (Å²) in [6.45, 7) is 8.69. The van der Waals surface area contributed by atoms with E-state index in [-0.39, 0.29) is 30.3 Å². The van der Waals surface area contributed by atoms with Crippen molar-refractivity contribution < 1.29 is 9.53 Å². The van der Waals surface area contributed by atoms with Crippen LogP contribution in [0.2, 0.25) is 0 Å². The number of amides is 1. The van der Waals surface area contributed by atoms with Crippen LogP contribution in [0.3, 0.4) is 0 Å². The molecule has 2 N–H and O–H groups in total. The summed E-state index contributed by atoms with van der Waals surface area (Å²) in [6, 6.07) is -0.349. The summed E-state index contributed by atoms with van der Waals surface area (Å²) in [4.78, 5) is 14.3. The van der Waals surface area contributed by atoms with Gasteiger partial charge in [0.25, 0.3) is 0 Å². The molecule has 1 fully saturated rings. The Labute approximate surface area is 129 Å². The summed E-state index contributed by atoms with van der Waals surface area (Å²) < 4.78 is 5.80. The van der Waals surface area contributed by atoms with Gasteiger partial charge in [0, 0.05) is 19.7 Å². The van der Waals surface area contributed by atoms with Gasteiger partial charge in [-0.25, -0.2) is 0 Å². The van der Waals surface area contributed by atoms with Gasteiger partial charge in [-0.3, -0.25) is 4.79 Å². The second kappa shape index (κ2) is 10.4. The zero-order chi connectivity index (χ0) is 14.3. The maximum Gasteiger partial charge on any atom is 0.239 e. The van der Waals surface area contributed by atoms with Gasteiger partial charge in [-0.1, -0.05) is 27.2 Å². The Morgan fingerprint density at radius 2 is 2.05 bits per heavy atom. The number of ether oxygens (including phenoxy) is 1. The zero-order valence-corrected chi connectivity index (χ0v) is 14.0. The first kappa shape index (κ1) is 19.7. The van der Waals surface area contributed by atoms with Gasteiger partial charge in [-0.15, -0.1) is 12.4 Å². The highest BCUT2D eigenvalue weighted by molar-refractivity contribution is 5.85. The molecule has 3 unspecified atom stereocenters. The largest absolute Gasteiger partial charge is 0.378 e. The van der Waals surface area contributed by atoms with Crippen LogP contribution in [0.1, 0.15) is 52.9 Å².